The van der Waals surface area contributed by atoms with Gasteiger partial charge in [0.15, 0.2) is 0 Å². The van der Waals surface area contributed by atoms with Gasteiger partial charge >= 0.3 is 6.18 Å². The number of amides is 1. The minimum atomic E-state index is -4.55. The first-order valence-electron chi connectivity index (χ1n) is 3.80. The van der Waals surface area contributed by atoms with Crippen LogP contribution >= 0.6 is 0 Å². The summed E-state index contributed by atoms with van der Waals surface area (Å²) in [5.74, 6) is -1.06. The summed E-state index contributed by atoms with van der Waals surface area (Å²) in [4.78, 5) is 11.0. The lowest BCUT2D eigenvalue weighted by atomic mass is 9.86. The molecule has 76 valence electrons. The van der Waals surface area contributed by atoms with Gasteiger partial charge in [0.05, 0.1) is 12.6 Å². The Hall–Kier alpha value is -0.780. The van der Waals surface area contributed by atoms with Gasteiger partial charge in [0.25, 0.3) is 0 Å². The Morgan fingerprint density at radius 2 is 2.23 bits per heavy atom. The average Bonchev–Trinajstić information content (AvgIpc) is 2.28. The summed E-state index contributed by atoms with van der Waals surface area (Å²) in [6, 6.07) is -0.779. The molecular formula is C7H10F3NO2. The van der Waals surface area contributed by atoms with Crippen molar-refractivity contribution in [1.29, 1.82) is 0 Å². The lowest BCUT2D eigenvalue weighted by Gasteiger charge is -2.23. The summed E-state index contributed by atoms with van der Waals surface area (Å²) in [5.41, 5.74) is -2.35. The third kappa shape index (κ3) is 1.50. The van der Waals surface area contributed by atoms with Crippen molar-refractivity contribution in [3.05, 3.63) is 0 Å². The minimum Gasteiger partial charge on any atom is -0.394 e. The van der Waals surface area contributed by atoms with E-state index >= 15 is 0 Å². The van der Waals surface area contributed by atoms with E-state index in [1.807, 2.05) is 0 Å². The molecule has 0 bridgehead atoms. The predicted octanol–water partition coefficient (Wildman–Crippen LogP) is 0.436. The molecule has 1 saturated heterocycles. The normalized spacial score (nSPS) is 34.8. The van der Waals surface area contributed by atoms with Crippen molar-refractivity contribution in [3.8, 4) is 0 Å². The second kappa shape index (κ2) is 2.87. The number of aliphatic hydroxyl groups is 1. The van der Waals surface area contributed by atoms with E-state index in [2.05, 4.69) is 5.32 Å². The maximum Gasteiger partial charge on any atom is 0.402 e. The molecule has 0 aromatic heterocycles. The lowest BCUT2D eigenvalue weighted by molar-refractivity contribution is -0.212. The first-order chi connectivity index (χ1) is 5.81. The van der Waals surface area contributed by atoms with Crippen molar-refractivity contribution < 1.29 is 23.1 Å². The average molecular weight is 197 g/mol. The molecule has 2 unspecified atom stereocenters. The largest absolute Gasteiger partial charge is 0.402 e. The van der Waals surface area contributed by atoms with Crippen LogP contribution in [-0.2, 0) is 4.79 Å². The number of aliphatic hydroxyl groups excluding tert-OH is 1. The van der Waals surface area contributed by atoms with E-state index in [0.717, 1.165) is 6.92 Å². The molecule has 2 atom stereocenters. The molecule has 13 heavy (non-hydrogen) atoms. The summed E-state index contributed by atoms with van der Waals surface area (Å²) in [5, 5.41) is 10.7. The molecule has 1 aliphatic heterocycles. The van der Waals surface area contributed by atoms with Gasteiger partial charge < -0.3 is 10.4 Å². The second-order valence-corrected chi connectivity index (χ2v) is 3.39. The fourth-order valence-corrected chi connectivity index (χ4v) is 1.34. The summed E-state index contributed by atoms with van der Waals surface area (Å²) in [7, 11) is 0. The van der Waals surface area contributed by atoms with Crippen molar-refractivity contribution in [2.45, 2.75) is 25.6 Å². The van der Waals surface area contributed by atoms with Gasteiger partial charge in [0.2, 0.25) is 5.91 Å². The fourth-order valence-electron chi connectivity index (χ4n) is 1.34. The molecule has 1 aliphatic rings. The van der Waals surface area contributed by atoms with E-state index in [0.29, 0.717) is 0 Å². The Bertz CT molecular complexity index is 228. The molecule has 1 rings (SSSR count). The van der Waals surface area contributed by atoms with Gasteiger partial charge in [-0.1, -0.05) is 0 Å². The SMILES string of the molecule is CC1(C(F)(F)F)CC(CO)NC1=O. The van der Waals surface area contributed by atoms with Gasteiger partial charge in [-0.3, -0.25) is 4.79 Å². The van der Waals surface area contributed by atoms with Crippen molar-refractivity contribution in [2.24, 2.45) is 5.41 Å². The van der Waals surface area contributed by atoms with Gasteiger partial charge in [-0.2, -0.15) is 13.2 Å². The second-order valence-electron chi connectivity index (χ2n) is 3.39. The first-order valence-corrected chi connectivity index (χ1v) is 3.80. The van der Waals surface area contributed by atoms with Crippen LogP contribution in [0.15, 0.2) is 0 Å². The molecule has 0 aromatic rings. The number of hydrogen-bond donors (Lipinski definition) is 2. The fraction of sp³-hybridized carbons (Fsp3) is 0.857. The monoisotopic (exact) mass is 197 g/mol. The molecule has 0 aromatic carbocycles. The van der Waals surface area contributed by atoms with E-state index in [1.54, 1.807) is 0 Å². The van der Waals surface area contributed by atoms with Crippen LogP contribution < -0.4 is 5.32 Å². The zero-order chi connectivity index (χ0) is 10.3. The van der Waals surface area contributed by atoms with Crippen LogP contribution in [0.25, 0.3) is 0 Å². The maximum absolute atomic E-state index is 12.4. The number of carbonyl (C=O) groups excluding carboxylic acids is 1. The topological polar surface area (TPSA) is 49.3 Å². The van der Waals surface area contributed by atoms with Crippen LogP contribution in [0.5, 0.6) is 0 Å². The summed E-state index contributed by atoms with van der Waals surface area (Å²) in [6.07, 6.45) is -4.95. The highest BCUT2D eigenvalue weighted by Crippen LogP contribution is 2.44. The van der Waals surface area contributed by atoms with Crippen LogP contribution in [0.1, 0.15) is 13.3 Å². The van der Waals surface area contributed by atoms with E-state index in [-0.39, 0.29) is 0 Å². The third-order valence-corrected chi connectivity index (χ3v) is 2.34. The van der Waals surface area contributed by atoms with Crippen molar-refractivity contribution in [1.82, 2.24) is 5.32 Å². The molecule has 1 fully saturated rings. The predicted molar refractivity (Wildman–Crippen MR) is 37.8 cm³/mol. The van der Waals surface area contributed by atoms with Crippen molar-refractivity contribution in [2.75, 3.05) is 6.61 Å². The molecule has 1 heterocycles. The molecule has 0 saturated carbocycles. The van der Waals surface area contributed by atoms with E-state index in [4.69, 9.17) is 5.11 Å². The maximum atomic E-state index is 12.4. The van der Waals surface area contributed by atoms with Crippen LogP contribution in [0, 0.1) is 5.41 Å². The van der Waals surface area contributed by atoms with E-state index in [9.17, 15) is 18.0 Å². The Morgan fingerprint density at radius 3 is 2.46 bits per heavy atom. The van der Waals surface area contributed by atoms with Gasteiger partial charge in [0.1, 0.15) is 5.41 Å². The number of hydrogen-bond acceptors (Lipinski definition) is 2. The molecule has 2 N–H and O–H groups in total. The summed E-state index contributed by atoms with van der Waals surface area (Å²) in [6.45, 7) is 0.384. The van der Waals surface area contributed by atoms with Gasteiger partial charge in [-0.25, -0.2) is 0 Å². The van der Waals surface area contributed by atoms with E-state index < -0.39 is 36.6 Å². The molecule has 0 spiro atoms. The smallest absolute Gasteiger partial charge is 0.394 e. The van der Waals surface area contributed by atoms with Gasteiger partial charge in [-0.15, -0.1) is 0 Å². The highest BCUT2D eigenvalue weighted by Gasteiger charge is 2.60. The standard InChI is InChI=1S/C7H10F3NO2/c1-6(7(8,9)10)2-4(3-12)11-5(6)13/h4,12H,2-3H2,1H3,(H,11,13). The highest BCUT2D eigenvalue weighted by molar-refractivity contribution is 5.85. The zero-order valence-corrected chi connectivity index (χ0v) is 6.98. The van der Waals surface area contributed by atoms with Crippen molar-refractivity contribution in [3.63, 3.8) is 0 Å². The molecule has 6 heteroatoms. The van der Waals surface area contributed by atoms with Crippen LogP contribution in [0.3, 0.4) is 0 Å². The molecule has 1 amide bonds. The zero-order valence-electron chi connectivity index (χ0n) is 6.98. The number of halogens is 3. The van der Waals surface area contributed by atoms with Gasteiger partial charge in [0, 0.05) is 0 Å². The number of carbonyl (C=O) groups is 1. The Labute approximate surface area is 72.9 Å². The molecular weight excluding hydrogens is 187 g/mol. The Balaban J connectivity index is 2.87. The number of rotatable bonds is 1. The van der Waals surface area contributed by atoms with Crippen LogP contribution in [0.4, 0.5) is 13.2 Å². The Kier molecular flexibility index (Phi) is 2.27. The number of nitrogens with one attached hydrogen (secondary N) is 1. The summed E-state index contributed by atoms with van der Waals surface area (Å²) < 4.78 is 37.1. The molecule has 0 radical (unpaired) electrons. The Morgan fingerprint density at radius 1 is 1.69 bits per heavy atom. The van der Waals surface area contributed by atoms with E-state index in [1.165, 1.54) is 0 Å². The molecule has 0 aliphatic carbocycles. The third-order valence-electron chi connectivity index (χ3n) is 2.34. The lowest BCUT2D eigenvalue weighted by Crippen LogP contribution is -2.41. The number of alkyl halides is 3. The van der Waals surface area contributed by atoms with Gasteiger partial charge in [-0.05, 0) is 13.3 Å². The first kappa shape index (κ1) is 10.3. The van der Waals surface area contributed by atoms with Crippen LogP contribution in [-0.4, -0.2) is 29.8 Å². The summed E-state index contributed by atoms with van der Waals surface area (Å²) >= 11 is 0. The quantitative estimate of drug-likeness (QED) is 0.640. The highest BCUT2D eigenvalue weighted by atomic mass is 19.4. The van der Waals surface area contributed by atoms with Crippen LogP contribution in [0.2, 0.25) is 0 Å². The van der Waals surface area contributed by atoms with Crippen molar-refractivity contribution >= 4 is 5.91 Å². The minimum absolute atomic E-state index is 0.397. The molecule has 3 nitrogen and oxygen atoms in total.